The average molecular weight is 499 g/mol. The van der Waals surface area contributed by atoms with Crippen LogP contribution in [0.3, 0.4) is 0 Å². The third kappa shape index (κ3) is 6.17. The molecule has 0 fully saturated rings. The van der Waals surface area contributed by atoms with E-state index in [2.05, 4.69) is 23.7 Å². The van der Waals surface area contributed by atoms with Crippen molar-refractivity contribution in [2.75, 3.05) is 11.9 Å². The van der Waals surface area contributed by atoms with Gasteiger partial charge in [-0.15, -0.1) is 0 Å². The fraction of sp³-hybridized carbons (Fsp3) is 0.281. The fourth-order valence-corrected chi connectivity index (χ4v) is 4.94. The minimum absolute atomic E-state index is 0.0747. The number of hydrogen-bond donors (Lipinski definition) is 2. The van der Waals surface area contributed by atoms with Crippen LogP contribution in [0.5, 0.6) is 0 Å². The standard InChI is InChI=1S/C32H35FN2O2/c1-23(2)30-29(32(37)34-27-15-9-6-10-16-27)28(24-13-7-5-8-14-24)31(25-17-19-26(33)20-18-25)35(30)21-11-3-4-12-22-36/h5-10,13-20,23,36H,3-4,11-12,21-22H2,1-2H3,(H,34,37). The molecule has 4 nitrogen and oxygen atoms in total. The van der Waals surface area contributed by atoms with E-state index in [1.165, 1.54) is 12.1 Å². The predicted molar refractivity (Wildman–Crippen MR) is 149 cm³/mol. The molecule has 0 atom stereocenters. The Labute approximate surface area is 218 Å². The molecule has 192 valence electrons. The Hall–Kier alpha value is -3.70. The van der Waals surface area contributed by atoms with Crippen molar-refractivity contribution in [3.8, 4) is 22.4 Å². The van der Waals surface area contributed by atoms with Gasteiger partial charge in [-0.2, -0.15) is 0 Å². The highest BCUT2D eigenvalue weighted by Gasteiger charge is 2.30. The van der Waals surface area contributed by atoms with Gasteiger partial charge in [0, 0.05) is 30.1 Å². The molecule has 0 saturated carbocycles. The highest BCUT2D eigenvalue weighted by Crippen LogP contribution is 2.42. The van der Waals surface area contributed by atoms with E-state index in [1.54, 1.807) is 12.1 Å². The minimum atomic E-state index is -0.293. The van der Waals surface area contributed by atoms with Crippen LogP contribution in [-0.2, 0) is 6.54 Å². The molecule has 5 heteroatoms. The topological polar surface area (TPSA) is 54.3 Å². The number of benzene rings is 3. The first kappa shape index (κ1) is 26.4. The summed E-state index contributed by atoms with van der Waals surface area (Å²) >= 11 is 0. The molecule has 4 aromatic rings. The maximum Gasteiger partial charge on any atom is 0.258 e. The Morgan fingerprint density at radius 2 is 1.46 bits per heavy atom. The summed E-state index contributed by atoms with van der Waals surface area (Å²) < 4.78 is 16.2. The number of aliphatic hydroxyl groups is 1. The van der Waals surface area contributed by atoms with E-state index in [-0.39, 0.29) is 24.2 Å². The van der Waals surface area contributed by atoms with Crippen molar-refractivity contribution in [1.82, 2.24) is 4.57 Å². The third-order valence-corrected chi connectivity index (χ3v) is 6.58. The SMILES string of the molecule is CC(C)c1c(C(=O)Nc2ccccc2)c(-c2ccccc2)c(-c2ccc(F)cc2)n1CCCCCCO. The molecule has 0 unspecified atom stereocenters. The van der Waals surface area contributed by atoms with Crippen molar-refractivity contribution in [3.63, 3.8) is 0 Å². The smallest absolute Gasteiger partial charge is 0.258 e. The van der Waals surface area contributed by atoms with Crippen molar-refractivity contribution in [1.29, 1.82) is 0 Å². The molecule has 3 aromatic carbocycles. The quantitative estimate of drug-likeness (QED) is 0.207. The highest BCUT2D eigenvalue weighted by molar-refractivity contribution is 6.12. The Morgan fingerprint density at radius 3 is 2.08 bits per heavy atom. The minimum Gasteiger partial charge on any atom is -0.396 e. The Morgan fingerprint density at radius 1 is 0.838 bits per heavy atom. The number of aromatic nitrogens is 1. The third-order valence-electron chi connectivity index (χ3n) is 6.58. The van der Waals surface area contributed by atoms with E-state index < -0.39 is 0 Å². The maximum atomic E-state index is 14.0. The second-order valence-corrected chi connectivity index (χ2v) is 9.62. The molecule has 0 radical (unpaired) electrons. The summed E-state index contributed by atoms with van der Waals surface area (Å²) in [7, 11) is 0. The molecule has 0 spiro atoms. The second-order valence-electron chi connectivity index (χ2n) is 9.62. The summed E-state index contributed by atoms with van der Waals surface area (Å²) in [5.74, 6) is -0.375. The molecule has 0 bridgehead atoms. The zero-order valence-electron chi connectivity index (χ0n) is 21.6. The first-order chi connectivity index (χ1) is 18.0. The lowest BCUT2D eigenvalue weighted by Crippen LogP contribution is -2.16. The Balaban J connectivity index is 1.94. The van der Waals surface area contributed by atoms with Crippen LogP contribution in [0.2, 0.25) is 0 Å². The Bertz CT molecular complexity index is 1300. The van der Waals surface area contributed by atoms with E-state index in [0.29, 0.717) is 5.56 Å². The summed E-state index contributed by atoms with van der Waals surface area (Å²) in [4.78, 5) is 14.0. The fourth-order valence-electron chi connectivity index (χ4n) is 4.94. The van der Waals surface area contributed by atoms with E-state index >= 15 is 0 Å². The van der Waals surface area contributed by atoms with Gasteiger partial charge in [0.2, 0.25) is 0 Å². The molecule has 4 rings (SSSR count). The molecule has 0 aliphatic rings. The van der Waals surface area contributed by atoms with E-state index in [1.807, 2.05) is 60.7 Å². The number of rotatable bonds is 11. The number of carbonyl (C=O) groups excluding carboxylic acids is 1. The number of aliphatic hydroxyl groups excluding tert-OH is 1. The lowest BCUT2D eigenvalue weighted by atomic mass is 9.94. The number of anilines is 1. The number of amides is 1. The summed E-state index contributed by atoms with van der Waals surface area (Å²) in [5.41, 5.74) is 5.96. The average Bonchev–Trinajstić information content (AvgIpc) is 3.25. The van der Waals surface area contributed by atoms with E-state index in [9.17, 15) is 14.3 Å². The molecule has 1 amide bonds. The molecular formula is C32H35FN2O2. The molecule has 1 heterocycles. The summed E-state index contributed by atoms with van der Waals surface area (Å²) in [6.07, 6.45) is 3.63. The van der Waals surface area contributed by atoms with Crippen LogP contribution in [0.1, 0.15) is 61.5 Å². The van der Waals surface area contributed by atoms with Gasteiger partial charge in [-0.05, 0) is 66.3 Å². The monoisotopic (exact) mass is 498 g/mol. The van der Waals surface area contributed by atoms with Gasteiger partial charge in [0.1, 0.15) is 5.82 Å². The van der Waals surface area contributed by atoms with E-state index in [4.69, 9.17) is 0 Å². The molecule has 0 aliphatic heterocycles. The molecule has 1 aromatic heterocycles. The maximum absolute atomic E-state index is 14.0. The van der Waals surface area contributed by atoms with Crippen LogP contribution in [0, 0.1) is 5.82 Å². The largest absolute Gasteiger partial charge is 0.396 e. The van der Waals surface area contributed by atoms with Gasteiger partial charge in [-0.3, -0.25) is 4.79 Å². The number of para-hydroxylation sites is 1. The lowest BCUT2D eigenvalue weighted by molar-refractivity contribution is 0.102. The Kier molecular flexibility index (Phi) is 8.91. The van der Waals surface area contributed by atoms with Gasteiger partial charge in [0.15, 0.2) is 0 Å². The van der Waals surface area contributed by atoms with Crippen LogP contribution in [0.25, 0.3) is 22.4 Å². The van der Waals surface area contributed by atoms with Crippen LogP contribution < -0.4 is 5.32 Å². The van der Waals surface area contributed by atoms with Crippen LogP contribution in [0.15, 0.2) is 84.9 Å². The number of nitrogens with one attached hydrogen (secondary N) is 1. The summed E-state index contributed by atoms with van der Waals surface area (Å²) in [5, 5.41) is 12.3. The van der Waals surface area contributed by atoms with Crippen molar-refractivity contribution < 1.29 is 14.3 Å². The summed E-state index contributed by atoms with van der Waals surface area (Å²) in [6.45, 7) is 5.15. The van der Waals surface area contributed by atoms with E-state index in [0.717, 1.165) is 66.0 Å². The van der Waals surface area contributed by atoms with Crippen molar-refractivity contribution in [2.45, 2.75) is 52.0 Å². The molecular weight excluding hydrogens is 463 g/mol. The molecule has 0 aliphatic carbocycles. The normalized spacial score (nSPS) is 11.2. The van der Waals surface area contributed by atoms with Gasteiger partial charge in [0.25, 0.3) is 5.91 Å². The summed E-state index contributed by atoms with van der Waals surface area (Å²) in [6, 6.07) is 26.0. The van der Waals surface area contributed by atoms with Crippen LogP contribution in [0.4, 0.5) is 10.1 Å². The zero-order chi connectivity index (χ0) is 26.2. The van der Waals surface area contributed by atoms with Crippen molar-refractivity contribution in [3.05, 3.63) is 102 Å². The van der Waals surface area contributed by atoms with Gasteiger partial charge in [-0.1, -0.05) is 75.2 Å². The van der Waals surface area contributed by atoms with Crippen molar-refractivity contribution in [2.24, 2.45) is 0 Å². The number of halogens is 1. The van der Waals surface area contributed by atoms with Gasteiger partial charge in [0.05, 0.1) is 11.3 Å². The first-order valence-electron chi connectivity index (χ1n) is 13.1. The lowest BCUT2D eigenvalue weighted by Gasteiger charge is -2.17. The van der Waals surface area contributed by atoms with Crippen LogP contribution >= 0.6 is 0 Å². The molecule has 0 saturated heterocycles. The van der Waals surface area contributed by atoms with Crippen LogP contribution in [-0.4, -0.2) is 22.2 Å². The number of unbranched alkanes of at least 4 members (excludes halogenated alkanes) is 3. The van der Waals surface area contributed by atoms with Gasteiger partial charge in [-0.25, -0.2) is 4.39 Å². The molecule has 37 heavy (non-hydrogen) atoms. The molecule has 2 N–H and O–H groups in total. The predicted octanol–water partition coefficient (Wildman–Crippen LogP) is 7.89. The number of nitrogens with zero attached hydrogens (tertiary/aromatic N) is 1. The van der Waals surface area contributed by atoms with Crippen molar-refractivity contribution >= 4 is 11.6 Å². The number of carbonyl (C=O) groups is 1. The first-order valence-corrected chi connectivity index (χ1v) is 13.1. The number of hydrogen-bond acceptors (Lipinski definition) is 2. The highest BCUT2D eigenvalue weighted by atomic mass is 19.1. The zero-order valence-corrected chi connectivity index (χ0v) is 21.6. The van der Waals surface area contributed by atoms with Gasteiger partial charge >= 0.3 is 0 Å². The van der Waals surface area contributed by atoms with Gasteiger partial charge < -0.3 is 15.0 Å². The second kappa shape index (κ2) is 12.5.